The van der Waals surface area contributed by atoms with Crippen LogP contribution in [-0.2, 0) is 85.4 Å². The first-order valence-corrected chi connectivity index (χ1v) is 45.4. The van der Waals surface area contributed by atoms with Crippen LogP contribution in [0.5, 0.6) is 0 Å². The van der Waals surface area contributed by atoms with Gasteiger partial charge in [-0.2, -0.15) is 13.5 Å². The molecule has 0 aliphatic carbocycles. The number of aliphatic hydroxyl groups is 12. The van der Waals surface area contributed by atoms with Crippen LogP contribution < -0.4 is 0 Å². The number of thioether (sulfide) groups is 4. The zero-order chi connectivity index (χ0) is 80.8. The Morgan fingerprint density at radius 2 is 0.895 bits per heavy atom. The van der Waals surface area contributed by atoms with E-state index in [1.54, 1.807) is 51.3 Å². The van der Waals surface area contributed by atoms with Crippen molar-refractivity contribution in [3.8, 4) is 0 Å². The van der Waals surface area contributed by atoms with Gasteiger partial charge in [-0.05, 0) is 58.4 Å². The van der Waals surface area contributed by atoms with E-state index >= 15 is 0 Å². The van der Waals surface area contributed by atoms with Crippen molar-refractivity contribution in [2.45, 2.75) is 199 Å². The molecule has 6 aliphatic rings. The number of benzene rings is 2. The Morgan fingerprint density at radius 1 is 0.509 bits per heavy atom. The third-order valence-corrected chi connectivity index (χ3v) is 26.7. The second-order valence-electron chi connectivity index (χ2n) is 26.1. The third-order valence-electron chi connectivity index (χ3n) is 18.1. The fourth-order valence-electron chi connectivity index (χ4n) is 12.0. The molecule has 6 fully saturated rings. The van der Waals surface area contributed by atoms with Crippen LogP contribution in [-0.4, -0.2) is 324 Å². The van der Waals surface area contributed by atoms with Gasteiger partial charge in [-0.1, -0.05) is 159 Å². The lowest BCUT2D eigenvalue weighted by Crippen LogP contribution is -2.65. The quantitative estimate of drug-likeness (QED) is 0.0120. The Kier molecular flexibility index (Phi) is 47.9. The van der Waals surface area contributed by atoms with E-state index in [2.05, 4.69) is 16.6 Å². The number of carbonyl (C=O) groups is 2. The summed E-state index contributed by atoms with van der Waals surface area (Å²) in [7, 11) is 4.69. The number of thiocarbonyl (C=S) groups is 2. The summed E-state index contributed by atoms with van der Waals surface area (Å²) in [6, 6.07) is 20.7. The Morgan fingerprint density at radius 3 is 1.28 bits per heavy atom. The summed E-state index contributed by atoms with van der Waals surface area (Å²) in [4.78, 5) is 30.1. The molecule has 12 N–H and O–H groups in total. The van der Waals surface area contributed by atoms with Crippen molar-refractivity contribution in [2.24, 2.45) is 11.8 Å². The van der Waals surface area contributed by atoms with Gasteiger partial charge in [0.25, 0.3) is 0 Å². The SMILES string of the molecule is C.CCSC(=S)SC(CC(C)C(=O)OCCOCCOCCSS)c1ccc(C2OC[C@H]3O[C@H](O[C@H]4O[C@H](CO)[C@@H](O)[C@H](O)[C@H]4O)[C@H](O)[C@@H](O)[C@@H]3O2)cc1.CCSC(=S)SC(CC(C)C(=O)OCCOCCOCCSSc1ccccn1)c1ccc(C2OC[C@H]3O[C@H](O[C@H]4O[C@H](CO)[C@@H](O)[C@H](O)[C@H]4O)[C@H](O)[C@@H](O)[C@@H]3O2)cc1.S. The van der Waals surface area contributed by atoms with E-state index in [4.69, 9.17) is 100 Å². The molecule has 0 radical (unpaired) electrons. The maximum Gasteiger partial charge on any atom is 0.308 e. The van der Waals surface area contributed by atoms with Gasteiger partial charge in [-0.25, -0.2) is 4.98 Å². The van der Waals surface area contributed by atoms with Gasteiger partial charge in [-0.15, -0.1) is 35.2 Å². The maximum atomic E-state index is 13.0. The first-order chi connectivity index (χ1) is 54.0. The van der Waals surface area contributed by atoms with Crippen molar-refractivity contribution in [1.82, 2.24) is 4.98 Å². The first kappa shape index (κ1) is 102. The Balaban J connectivity index is 0.000000351. The van der Waals surface area contributed by atoms with Gasteiger partial charge >= 0.3 is 11.9 Å². The number of pyridine rings is 1. The summed E-state index contributed by atoms with van der Waals surface area (Å²) in [5.74, 6) is 1.73. The second-order valence-corrected chi connectivity index (χ2v) is 37.3. The van der Waals surface area contributed by atoms with Crippen molar-refractivity contribution < 1.29 is 147 Å². The first-order valence-electron chi connectivity index (χ1n) is 36.5. The molecule has 6 aliphatic heterocycles. The molecule has 9 rings (SSSR count). The van der Waals surface area contributed by atoms with Gasteiger partial charge in [0.15, 0.2) is 37.7 Å². The molecule has 6 saturated heterocycles. The molecule has 648 valence electrons. The van der Waals surface area contributed by atoms with E-state index in [9.17, 15) is 70.9 Å². The highest BCUT2D eigenvalue weighted by atomic mass is 33.1. The van der Waals surface area contributed by atoms with Crippen molar-refractivity contribution in [3.63, 3.8) is 0 Å². The topological polar surface area (TPSA) is 437 Å². The van der Waals surface area contributed by atoms with Crippen molar-refractivity contribution in [1.29, 1.82) is 0 Å². The highest BCUT2D eigenvalue weighted by molar-refractivity contribution is 8.76. The monoisotopic (exact) mass is 1820 g/mol. The standard InChI is InChI=1S/C38H53NO15S5.C33H50O15S5.CH4.H2S/c1-3-56-38(55)58-26(18-21(2)34(46)49-15-14-47-12-13-48-16-17-57-59-27-6-4-5-11-39-27)22-7-9-23(10-8-22)35-50-20-25-33(53-35)30(43)32(45)37(52-25)54-36-31(44)29(42)28(41)24(19-40)51-36;1-3-51-33(49)53-22(14-17(2)29(40)43-11-10-41-8-9-42-12-13-52-50)18-4-6-19(7-5-18)30-44-16-21-28(47-30)25(37)27(39)32(46-21)48-31-26(38)24(36)23(35)20(15-34)45-31;;/h4-11,21,24-26,28-33,35-37,40-45H,3,12-20H2,1-2H3;4-7,17,20-28,30-32,34-39,50H,3,8-16H2,1-2H3;1H4;1H2/t21?,24-,25-,26?,28-,29+,30-,31-,32-,33-,35?,36-,37-;17?,20-,21-,22?,23-,24+,25-,26-,27-,28-,30?,31-,32-;;/m11../s1. The second kappa shape index (κ2) is 53.8. The highest BCUT2D eigenvalue weighted by Gasteiger charge is 2.55. The number of aromatic nitrogens is 1. The molecule has 0 saturated carbocycles. The zero-order valence-electron chi connectivity index (χ0n) is 62.4. The van der Waals surface area contributed by atoms with Gasteiger partial charge in [0.1, 0.15) is 123 Å². The zero-order valence-corrected chi connectivity index (χ0v) is 71.6. The lowest BCUT2D eigenvalue weighted by atomic mass is 9.97. The largest absolute Gasteiger partial charge is 0.463 e. The van der Waals surface area contributed by atoms with Crippen LogP contribution in [0.2, 0.25) is 0 Å². The van der Waals surface area contributed by atoms with E-state index in [1.165, 1.54) is 34.3 Å². The molecule has 0 bridgehead atoms. The van der Waals surface area contributed by atoms with Crippen molar-refractivity contribution in [3.05, 3.63) is 95.2 Å². The van der Waals surface area contributed by atoms with Crippen molar-refractivity contribution in [2.75, 3.05) is 116 Å². The molecule has 6 unspecified atom stereocenters. The van der Waals surface area contributed by atoms with Crippen LogP contribution in [0, 0.1) is 11.8 Å². The number of nitrogens with zero attached hydrogens (tertiary/aromatic N) is 1. The minimum Gasteiger partial charge on any atom is -0.463 e. The van der Waals surface area contributed by atoms with E-state index in [1.807, 2.05) is 94.4 Å². The molecule has 0 amide bonds. The summed E-state index contributed by atoms with van der Waals surface area (Å²) in [5.41, 5.74) is 3.13. The minimum atomic E-state index is -1.73. The molecule has 31 nitrogen and oxygen atoms in total. The Hall–Kier alpha value is -1.18. The summed E-state index contributed by atoms with van der Waals surface area (Å²) < 4.78 is 92.0. The molecule has 42 heteroatoms. The number of fused-ring (bicyclic) bond motifs is 2. The Labute approximate surface area is 715 Å². The number of carbonyl (C=O) groups excluding carboxylic acids is 2. The number of aliphatic hydroxyl groups excluding tert-OH is 12. The molecule has 1 aromatic heterocycles. The molecule has 2 aromatic carbocycles. The van der Waals surface area contributed by atoms with Crippen LogP contribution in [0.4, 0.5) is 0 Å². The molecule has 0 spiro atoms. The van der Waals surface area contributed by atoms with E-state index in [-0.39, 0.29) is 83.0 Å². The number of ether oxygens (including phenoxy) is 16. The highest BCUT2D eigenvalue weighted by Crippen LogP contribution is 2.44. The van der Waals surface area contributed by atoms with Crippen LogP contribution in [0.1, 0.15) is 93.3 Å². The predicted molar refractivity (Wildman–Crippen MR) is 447 cm³/mol. The maximum absolute atomic E-state index is 13.0. The van der Waals surface area contributed by atoms with Gasteiger partial charge in [-0.3, -0.25) is 9.59 Å². The smallest absolute Gasteiger partial charge is 0.308 e. The summed E-state index contributed by atoms with van der Waals surface area (Å²) in [5, 5.41) is 124. The van der Waals surface area contributed by atoms with E-state index in [0.717, 1.165) is 46.2 Å². The van der Waals surface area contributed by atoms with E-state index in [0.29, 0.717) is 63.6 Å². The van der Waals surface area contributed by atoms with Gasteiger partial charge < -0.3 is 137 Å². The molecular weight excluding hydrogens is 1710 g/mol. The molecule has 26 atom stereocenters. The number of esters is 2. The molecule has 3 aromatic rings. The van der Waals surface area contributed by atoms with Gasteiger partial charge in [0.2, 0.25) is 0 Å². The molecular formula is C72H109NO30S11. The molecule has 7 heterocycles. The van der Waals surface area contributed by atoms with Gasteiger partial charge in [0, 0.05) is 39.3 Å². The third kappa shape index (κ3) is 30.9. The van der Waals surface area contributed by atoms with Crippen LogP contribution in [0.15, 0.2) is 78.0 Å². The Bertz CT molecular complexity index is 3220. The molecule has 114 heavy (non-hydrogen) atoms. The fraction of sp³-hybridized carbons (Fsp3) is 0.708. The average Bonchev–Trinajstić information content (AvgIpc) is 0.779. The van der Waals surface area contributed by atoms with Gasteiger partial charge in [0.05, 0.1) is 91.1 Å². The average molecular weight is 1820 g/mol. The summed E-state index contributed by atoms with van der Waals surface area (Å²) >= 11 is 21.4. The lowest BCUT2D eigenvalue weighted by molar-refractivity contribution is -0.399. The van der Waals surface area contributed by atoms with Crippen molar-refractivity contribution >= 4 is 148 Å². The van der Waals surface area contributed by atoms with Crippen LogP contribution in [0.25, 0.3) is 0 Å². The number of thiol groups is 1. The normalized spacial score (nSPS) is 31.1. The number of hydrogen-bond donors (Lipinski definition) is 13. The number of rotatable bonds is 40. The van der Waals surface area contributed by atoms with Crippen LogP contribution in [0.3, 0.4) is 0 Å². The predicted octanol–water partition coefficient (Wildman–Crippen LogP) is 4.72. The van der Waals surface area contributed by atoms with Crippen LogP contribution >= 0.6 is 129 Å². The van der Waals surface area contributed by atoms with E-state index < -0.39 is 160 Å². The lowest BCUT2D eigenvalue weighted by Gasteiger charge is -2.48. The summed E-state index contributed by atoms with van der Waals surface area (Å²) in [6.07, 6.45) is -28.0. The fourth-order valence-corrected chi connectivity index (χ4v) is 19.8. The minimum absolute atomic E-state index is 0. The summed E-state index contributed by atoms with van der Waals surface area (Å²) in [6.45, 7) is 9.92. The number of hydrogen-bond acceptors (Lipinski definition) is 41.